The van der Waals surface area contributed by atoms with Crippen LogP contribution in [0.3, 0.4) is 0 Å². The van der Waals surface area contributed by atoms with Crippen molar-refractivity contribution in [2.45, 2.75) is 13.0 Å². The largest absolute Gasteiger partial charge is 0.317 e. The summed E-state index contributed by atoms with van der Waals surface area (Å²) in [6, 6.07) is 27.3. The van der Waals surface area contributed by atoms with Gasteiger partial charge in [-0.05, 0) is 36.2 Å². The van der Waals surface area contributed by atoms with Gasteiger partial charge in [0.15, 0.2) is 0 Å². The molecule has 0 radical (unpaired) electrons. The van der Waals surface area contributed by atoms with Crippen LogP contribution in [-0.4, -0.2) is 28.1 Å². The van der Waals surface area contributed by atoms with Crippen LogP contribution in [0.15, 0.2) is 95.8 Å². The number of hydrogen-bond acceptors (Lipinski definition) is 4. The second-order valence-electron chi connectivity index (χ2n) is 8.02. The van der Waals surface area contributed by atoms with Crippen molar-refractivity contribution in [3.63, 3.8) is 0 Å². The normalized spacial score (nSPS) is 12.3. The molecule has 7 heteroatoms. The molecule has 2 amide bonds. The van der Waals surface area contributed by atoms with Crippen LogP contribution < -0.4 is 15.8 Å². The van der Waals surface area contributed by atoms with Crippen LogP contribution in [0.4, 0.5) is 11.4 Å². The quantitative estimate of drug-likeness (QED) is 0.502. The Hall–Kier alpha value is -4.52. The van der Waals surface area contributed by atoms with Crippen LogP contribution >= 0.6 is 0 Å². The van der Waals surface area contributed by atoms with Gasteiger partial charge in [-0.1, -0.05) is 66.7 Å². The van der Waals surface area contributed by atoms with Gasteiger partial charge in [-0.25, -0.2) is 4.68 Å². The molecule has 0 atom stereocenters. The van der Waals surface area contributed by atoms with Crippen molar-refractivity contribution in [3.8, 4) is 11.3 Å². The SMILES string of the molecule is O=C(Nc1cc(-c2ccccc2)nn(CC(=O)N2CCc3ccccc32)c1=O)c1ccccc1. The molecule has 0 spiro atoms. The van der Waals surface area contributed by atoms with E-state index >= 15 is 0 Å². The second-order valence-corrected chi connectivity index (χ2v) is 8.02. The number of carbonyl (C=O) groups is 2. The first-order valence-corrected chi connectivity index (χ1v) is 11.0. The Morgan fingerprint density at radius 2 is 1.56 bits per heavy atom. The Morgan fingerprint density at radius 1 is 0.882 bits per heavy atom. The summed E-state index contributed by atoms with van der Waals surface area (Å²) in [5.74, 6) is -0.639. The molecule has 1 aliphatic heterocycles. The highest BCUT2D eigenvalue weighted by Crippen LogP contribution is 2.27. The maximum Gasteiger partial charge on any atom is 0.291 e. The molecule has 1 aromatic heterocycles. The van der Waals surface area contributed by atoms with E-state index in [9.17, 15) is 14.4 Å². The Kier molecular flexibility index (Phi) is 5.74. The summed E-state index contributed by atoms with van der Waals surface area (Å²) in [6.45, 7) is 0.324. The van der Waals surface area contributed by atoms with Crippen molar-refractivity contribution in [1.29, 1.82) is 0 Å². The van der Waals surface area contributed by atoms with Gasteiger partial charge in [0.25, 0.3) is 11.5 Å². The molecule has 4 aromatic rings. The smallest absolute Gasteiger partial charge is 0.291 e. The lowest BCUT2D eigenvalue weighted by atomic mass is 10.1. The van der Waals surface area contributed by atoms with E-state index in [0.717, 1.165) is 27.9 Å². The summed E-state index contributed by atoms with van der Waals surface area (Å²) in [5.41, 5.74) is 3.17. The zero-order valence-electron chi connectivity index (χ0n) is 18.3. The molecule has 3 aromatic carbocycles. The van der Waals surface area contributed by atoms with Crippen LogP contribution in [0.2, 0.25) is 0 Å². The average Bonchev–Trinajstić information content (AvgIpc) is 3.32. The highest BCUT2D eigenvalue weighted by atomic mass is 16.2. The first-order chi connectivity index (χ1) is 16.6. The van der Waals surface area contributed by atoms with Crippen LogP contribution in [0.1, 0.15) is 15.9 Å². The van der Waals surface area contributed by atoms with Gasteiger partial charge in [-0.15, -0.1) is 0 Å². The Morgan fingerprint density at radius 3 is 2.32 bits per heavy atom. The predicted octanol–water partition coefficient (Wildman–Crippen LogP) is 3.75. The highest BCUT2D eigenvalue weighted by molar-refractivity contribution is 6.04. The minimum atomic E-state index is -0.537. The molecule has 7 nitrogen and oxygen atoms in total. The van der Waals surface area contributed by atoms with E-state index in [2.05, 4.69) is 10.4 Å². The first-order valence-electron chi connectivity index (χ1n) is 11.0. The monoisotopic (exact) mass is 450 g/mol. The fourth-order valence-electron chi connectivity index (χ4n) is 4.08. The number of hydrogen-bond donors (Lipinski definition) is 1. The summed E-state index contributed by atoms with van der Waals surface area (Å²) >= 11 is 0. The van der Waals surface area contributed by atoms with E-state index in [1.54, 1.807) is 35.2 Å². The van der Waals surface area contributed by atoms with Crippen molar-refractivity contribution in [2.75, 3.05) is 16.8 Å². The lowest BCUT2D eigenvalue weighted by Crippen LogP contribution is -2.37. The van der Waals surface area contributed by atoms with Crippen molar-refractivity contribution < 1.29 is 9.59 Å². The van der Waals surface area contributed by atoms with E-state index in [-0.39, 0.29) is 18.1 Å². The summed E-state index contributed by atoms with van der Waals surface area (Å²) in [4.78, 5) is 40.8. The first kappa shape index (κ1) is 21.3. The van der Waals surface area contributed by atoms with Gasteiger partial charge in [0, 0.05) is 23.4 Å². The number of fused-ring (bicyclic) bond motifs is 1. The number of aromatic nitrogens is 2. The molecule has 34 heavy (non-hydrogen) atoms. The molecular formula is C27H22N4O3. The summed E-state index contributed by atoms with van der Waals surface area (Å²) in [5, 5.41) is 7.15. The van der Waals surface area contributed by atoms with Crippen molar-refractivity contribution in [3.05, 3.63) is 112 Å². The topological polar surface area (TPSA) is 84.3 Å². The van der Waals surface area contributed by atoms with E-state index in [4.69, 9.17) is 0 Å². The molecule has 0 fully saturated rings. The Bertz CT molecular complexity index is 1420. The fourth-order valence-corrected chi connectivity index (χ4v) is 4.08. The molecule has 0 saturated carbocycles. The maximum absolute atomic E-state index is 13.2. The van der Waals surface area contributed by atoms with Crippen LogP contribution in [0, 0.1) is 0 Å². The summed E-state index contributed by atoms with van der Waals surface area (Å²) < 4.78 is 1.13. The molecule has 0 aliphatic carbocycles. The highest BCUT2D eigenvalue weighted by Gasteiger charge is 2.25. The zero-order chi connectivity index (χ0) is 23.5. The Labute approximate surface area is 196 Å². The van der Waals surface area contributed by atoms with Gasteiger partial charge in [-0.3, -0.25) is 14.4 Å². The number of para-hydroxylation sites is 1. The molecule has 1 aliphatic rings. The fraction of sp³-hybridized carbons (Fsp3) is 0.111. The van der Waals surface area contributed by atoms with Gasteiger partial charge in [0.2, 0.25) is 5.91 Å². The molecule has 2 heterocycles. The summed E-state index contributed by atoms with van der Waals surface area (Å²) in [6.07, 6.45) is 0.771. The van der Waals surface area contributed by atoms with Crippen molar-refractivity contribution >= 4 is 23.2 Å². The van der Waals surface area contributed by atoms with Gasteiger partial charge < -0.3 is 10.2 Å². The van der Waals surface area contributed by atoms with E-state index in [1.807, 2.05) is 60.7 Å². The number of benzene rings is 3. The molecule has 168 valence electrons. The number of amides is 2. The molecule has 0 unspecified atom stereocenters. The third kappa shape index (κ3) is 4.23. The number of rotatable bonds is 5. The van der Waals surface area contributed by atoms with Gasteiger partial charge >= 0.3 is 0 Å². The van der Waals surface area contributed by atoms with Crippen LogP contribution in [0.25, 0.3) is 11.3 Å². The number of nitrogens with one attached hydrogen (secondary N) is 1. The van der Waals surface area contributed by atoms with Gasteiger partial charge in [0.05, 0.1) is 5.69 Å². The number of carbonyl (C=O) groups excluding carboxylic acids is 2. The molecular weight excluding hydrogens is 428 g/mol. The predicted molar refractivity (Wildman–Crippen MR) is 131 cm³/mol. The zero-order valence-corrected chi connectivity index (χ0v) is 18.3. The lowest BCUT2D eigenvalue weighted by Gasteiger charge is -2.18. The van der Waals surface area contributed by atoms with Gasteiger partial charge in [-0.2, -0.15) is 5.10 Å². The third-order valence-electron chi connectivity index (χ3n) is 5.80. The minimum Gasteiger partial charge on any atom is -0.317 e. The van der Waals surface area contributed by atoms with E-state index in [0.29, 0.717) is 17.8 Å². The Balaban J connectivity index is 1.50. The number of anilines is 2. The summed E-state index contributed by atoms with van der Waals surface area (Å²) in [7, 11) is 0. The van der Waals surface area contributed by atoms with Crippen molar-refractivity contribution in [1.82, 2.24) is 9.78 Å². The molecule has 0 saturated heterocycles. The number of nitrogens with zero attached hydrogens (tertiary/aromatic N) is 3. The lowest BCUT2D eigenvalue weighted by molar-refractivity contribution is -0.119. The van der Waals surface area contributed by atoms with E-state index in [1.165, 1.54) is 0 Å². The second kappa shape index (κ2) is 9.15. The maximum atomic E-state index is 13.2. The molecule has 5 rings (SSSR count). The van der Waals surface area contributed by atoms with Crippen LogP contribution in [0.5, 0.6) is 0 Å². The average molecular weight is 450 g/mol. The minimum absolute atomic E-state index is 0.0670. The molecule has 1 N–H and O–H groups in total. The third-order valence-corrected chi connectivity index (χ3v) is 5.80. The van der Waals surface area contributed by atoms with Crippen molar-refractivity contribution in [2.24, 2.45) is 0 Å². The standard InChI is InChI=1S/C27H22N4O3/c32-25(30-16-15-20-11-7-8-14-24(20)30)18-31-27(34)23(28-26(33)21-12-5-2-6-13-21)17-22(29-31)19-9-3-1-4-10-19/h1-14,17H,15-16,18H2,(H,28,33). The van der Waals surface area contributed by atoms with Crippen LogP contribution in [-0.2, 0) is 17.8 Å². The van der Waals surface area contributed by atoms with E-state index < -0.39 is 11.5 Å². The van der Waals surface area contributed by atoms with Gasteiger partial charge in [0.1, 0.15) is 12.2 Å². The molecule has 0 bridgehead atoms.